The van der Waals surface area contributed by atoms with Gasteiger partial charge in [0.2, 0.25) is 10.0 Å². The Kier molecular flexibility index (Phi) is 4.44. The summed E-state index contributed by atoms with van der Waals surface area (Å²) in [5.74, 6) is 0.160. The summed E-state index contributed by atoms with van der Waals surface area (Å²) in [5.41, 5.74) is 0.152. The molecule has 1 unspecified atom stereocenters. The zero-order valence-corrected chi connectivity index (χ0v) is 13.9. The van der Waals surface area contributed by atoms with Crippen molar-refractivity contribution in [1.82, 2.24) is 4.90 Å². The Morgan fingerprint density at radius 2 is 2.15 bits per heavy atom. The van der Waals surface area contributed by atoms with Crippen LogP contribution in [0.2, 0.25) is 5.02 Å². The molecule has 0 saturated carbocycles. The molecule has 5 nitrogen and oxygen atoms in total. The molecule has 1 aromatic carbocycles. The summed E-state index contributed by atoms with van der Waals surface area (Å²) < 4.78 is 23.2. The van der Waals surface area contributed by atoms with Crippen LogP contribution in [0, 0.1) is 5.92 Å². The van der Waals surface area contributed by atoms with Crippen LogP contribution in [0.4, 0.5) is 0 Å². The Labute approximate surface area is 131 Å². The fourth-order valence-electron chi connectivity index (χ4n) is 2.17. The van der Waals surface area contributed by atoms with Gasteiger partial charge in [-0.25, -0.2) is 13.6 Å². The highest BCUT2D eigenvalue weighted by Gasteiger charge is 2.27. The van der Waals surface area contributed by atoms with E-state index in [9.17, 15) is 13.2 Å². The molecule has 0 aromatic heterocycles. The number of carbonyl (C=O) groups is 1. The zero-order valence-electron chi connectivity index (χ0n) is 10.8. The number of halogens is 2. The van der Waals surface area contributed by atoms with E-state index in [-0.39, 0.29) is 21.4 Å². The Bertz CT molecular complexity index is 663. The number of carbonyl (C=O) groups excluding carboxylic acids is 1. The number of nitrogens with two attached hydrogens (primary N) is 1. The molecule has 2 N–H and O–H groups in total. The monoisotopic (exact) mass is 380 g/mol. The molecule has 1 fully saturated rings. The third-order valence-corrected chi connectivity index (χ3v) is 5.43. The molecular formula is C12H14BrClN2O3S. The Hall–Kier alpha value is -0.630. The lowest BCUT2D eigenvalue weighted by Gasteiger charge is -2.17. The van der Waals surface area contributed by atoms with Crippen LogP contribution in [0.25, 0.3) is 0 Å². The van der Waals surface area contributed by atoms with Crippen molar-refractivity contribution in [2.24, 2.45) is 11.1 Å². The highest BCUT2D eigenvalue weighted by molar-refractivity contribution is 9.10. The van der Waals surface area contributed by atoms with E-state index in [0.29, 0.717) is 23.5 Å². The average molecular weight is 382 g/mol. The van der Waals surface area contributed by atoms with Crippen LogP contribution in [-0.4, -0.2) is 32.3 Å². The van der Waals surface area contributed by atoms with E-state index < -0.39 is 10.0 Å². The van der Waals surface area contributed by atoms with Crippen molar-refractivity contribution < 1.29 is 13.2 Å². The largest absolute Gasteiger partial charge is 0.338 e. The van der Waals surface area contributed by atoms with E-state index in [0.717, 1.165) is 6.42 Å². The fraction of sp³-hybridized carbons (Fsp3) is 0.417. The number of likely N-dealkylation sites (tertiary alicyclic amines) is 1. The number of amides is 1. The molecule has 1 amide bonds. The Morgan fingerprint density at radius 1 is 1.50 bits per heavy atom. The minimum Gasteiger partial charge on any atom is -0.338 e. The second-order valence-corrected chi connectivity index (χ2v) is 7.75. The normalized spacial score (nSPS) is 19.4. The van der Waals surface area contributed by atoms with Gasteiger partial charge in [0.05, 0.1) is 15.5 Å². The third-order valence-electron chi connectivity index (χ3n) is 3.27. The Balaban J connectivity index is 2.45. The predicted octanol–water partition coefficient (Wildman–Crippen LogP) is 2.23. The van der Waals surface area contributed by atoms with E-state index >= 15 is 0 Å². The first-order chi connectivity index (χ1) is 9.20. The topological polar surface area (TPSA) is 80.5 Å². The van der Waals surface area contributed by atoms with Crippen molar-refractivity contribution in [2.45, 2.75) is 18.2 Å². The van der Waals surface area contributed by atoms with Gasteiger partial charge in [-0.3, -0.25) is 4.79 Å². The highest BCUT2D eigenvalue weighted by atomic mass is 79.9. The van der Waals surface area contributed by atoms with Gasteiger partial charge in [-0.2, -0.15) is 0 Å². The van der Waals surface area contributed by atoms with Gasteiger partial charge in [-0.15, -0.1) is 0 Å². The molecule has 110 valence electrons. The lowest BCUT2D eigenvalue weighted by Crippen LogP contribution is -2.29. The maximum absolute atomic E-state index is 12.4. The van der Waals surface area contributed by atoms with Crippen LogP contribution in [-0.2, 0) is 10.0 Å². The maximum Gasteiger partial charge on any atom is 0.255 e. The van der Waals surface area contributed by atoms with Gasteiger partial charge in [-0.1, -0.05) is 18.5 Å². The number of sulfonamides is 1. The molecule has 20 heavy (non-hydrogen) atoms. The first-order valence-electron chi connectivity index (χ1n) is 6.01. The van der Waals surface area contributed by atoms with Gasteiger partial charge in [-0.05, 0) is 40.4 Å². The summed E-state index contributed by atoms with van der Waals surface area (Å²) in [6.07, 6.45) is 0.930. The summed E-state index contributed by atoms with van der Waals surface area (Å²) in [5, 5.41) is 5.30. The number of hydrogen-bond acceptors (Lipinski definition) is 3. The molecule has 0 spiro atoms. The molecule has 1 aliphatic rings. The van der Waals surface area contributed by atoms with E-state index in [1.165, 1.54) is 12.1 Å². The summed E-state index contributed by atoms with van der Waals surface area (Å²) in [7, 11) is -3.89. The summed E-state index contributed by atoms with van der Waals surface area (Å²) in [6, 6.07) is 2.52. The van der Waals surface area contributed by atoms with Gasteiger partial charge in [0, 0.05) is 17.6 Å². The van der Waals surface area contributed by atoms with Gasteiger partial charge in [0.25, 0.3) is 5.91 Å². The van der Waals surface area contributed by atoms with Crippen LogP contribution in [0.1, 0.15) is 23.7 Å². The number of rotatable bonds is 2. The smallest absolute Gasteiger partial charge is 0.255 e. The van der Waals surface area contributed by atoms with Gasteiger partial charge >= 0.3 is 0 Å². The van der Waals surface area contributed by atoms with Gasteiger partial charge in [0.15, 0.2) is 0 Å². The van der Waals surface area contributed by atoms with E-state index in [1.807, 2.05) is 0 Å². The number of nitrogens with zero attached hydrogens (tertiary/aromatic N) is 1. The van der Waals surface area contributed by atoms with E-state index in [4.69, 9.17) is 16.7 Å². The minimum atomic E-state index is -3.89. The van der Waals surface area contributed by atoms with Crippen molar-refractivity contribution >= 4 is 43.5 Å². The number of hydrogen-bond donors (Lipinski definition) is 1. The first kappa shape index (κ1) is 15.8. The molecule has 0 aliphatic carbocycles. The SMILES string of the molecule is CC1CCN(C(=O)c2cc(S(N)(=O)=O)cc(Br)c2Cl)C1. The third kappa shape index (κ3) is 3.16. The Morgan fingerprint density at radius 3 is 2.65 bits per heavy atom. The highest BCUT2D eigenvalue weighted by Crippen LogP contribution is 2.31. The summed E-state index contributed by atoms with van der Waals surface area (Å²) >= 11 is 9.25. The average Bonchev–Trinajstić information content (AvgIpc) is 2.77. The van der Waals surface area contributed by atoms with E-state index in [1.54, 1.807) is 4.90 Å². The van der Waals surface area contributed by atoms with Crippen molar-refractivity contribution in [3.05, 3.63) is 27.2 Å². The van der Waals surface area contributed by atoms with Crippen LogP contribution in [0.15, 0.2) is 21.5 Å². The van der Waals surface area contributed by atoms with Crippen LogP contribution in [0.3, 0.4) is 0 Å². The fourth-order valence-corrected chi connectivity index (χ4v) is 3.54. The van der Waals surface area contributed by atoms with Crippen molar-refractivity contribution in [3.8, 4) is 0 Å². The molecule has 0 radical (unpaired) electrons. The van der Waals surface area contributed by atoms with Crippen LogP contribution < -0.4 is 5.14 Å². The second-order valence-electron chi connectivity index (χ2n) is 4.96. The molecule has 1 heterocycles. The maximum atomic E-state index is 12.4. The second kappa shape index (κ2) is 5.63. The molecule has 8 heteroatoms. The lowest BCUT2D eigenvalue weighted by molar-refractivity contribution is 0.0788. The predicted molar refractivity (Wildman–Crippen MR) is 80.2 cm³/mol. The molecule has 1 aromatic rings. The molecule has 1 atom stereocenters. The standard InChI is InChI=1S/C12H14BrClN2O3S/c1-7-2-3-16(6-7)12(17)9-4-8(20(15,18)19)5-10(13)11(9)14/h4-5,7H,2-3,6H2,1H3,(H2,15,18,19). The quantitative estimate of drug-likeness (QED) is 0.853. The minimum absolute atomic E-state index is 0.135. The first-order valence-corrected chi connectivity index (χ1v) is 8.73. The number of primary sulfonamides is 1. The molecular weight excluding hydrogens is 368 g/mol. The molecule has 0 bridgehead atoms. The molecule has 1 aliphatic heterocycles. The van der Waals surface area contributed by atoms with Crippen molar-refractivity contribution in [1.29, 1.82) is 0 Å². The molecule has 2 rings (SSSR count). The van der Waals surface area contributed by atoms with Crippen LogP contribution in [0.5, 0.6) is 0 Å². The van der Waals surface area contributed by atoms with Gasteiger partial charge < -0.3 is 4.90 Å². The summed E-state index contributed by atoms with van der Waals surface area (Å²) in [6.45, 7) is 3.35. The van der Waals surface area contributed by atoms with Gasteiger partial charge in [0.1, 0.15) is 0 Å². The van der Waals surface area contributed by atoms with Crippen molar-refractivity contribution in [3.63, 3.8) is 0 Å². The van der Waals surface area contributed by atoms with E-state index in [2.05, 4.69) is 22.9 Å². The summed E-state index contributed by atoms with van der Waals surface area (Å²) in [4.78, 5) is 14.0. The molecule has 1 saturated heterocycles. The number of benzene rings is 1. The zero-order chi connectivity index (χ0) is 15.1. The van der Waals surface area contributed by atoms with Crippen molar-refractivity contribution in [2.75, 3.05) is 13.1 Å². The van der Waals surface area contributed by atoms with Crippen LogP contribution >= 0.6 is 27.5 Å². The lowest BCUT2D eigenvalue weighted by atomic mass is 10.2.